The molecule has 1 amide bonds. The van der Waals surface area contributed by atoms with Crippen LogP contribution in [0.1, 0.15) is 24.2 Å². The molecule has 7 heteroatoms. The molecule has 0 spiro atoms. The van der Waals surface area contributed by atoms with Crippen LogP contribution in [0.3, 0.4) is 0 Å². The fraction of sp³-hybridized carbons (Fsp3) is 0.217. The van der Waals surface area contributed by atoms with Crippen molar-refractivity contribution in [3.63, 3.8) is 0 Å². The lowest BCUT2D eigenvalue weighted by Gasteiger charge is -2.12. The maximum Gasteiger partial charge on any atom is 0.255 e. The first-order valence-electron chi connectivity index (χ1n) is 9.70. The minimum atomic E-state index is -0.230. The lowest BCUT2D eigenvalue weighted by Crippen LogP contribution is -2.13. The lowest BCUT2D eigenvalue weighted by molar-refractivity contribution is 0.102. The number of thioether (sulfide) groups is 1. The number of carbonyl (C=O) groups is 1. The van der Waals surface area contributed by atoms with Crippen molar-refractivity contribution in [2.75, 3.05) is 25.3 Å². The summed E-state index contributed by atoms with van der Waals surface area (Å²) in [6, 6.07) is 12.7. The van der Waals surface area contributed by atoms with E-state index in [-0.39, 0.29) is 5.91 Å². The van der Waals surface area contributed by atoms with E-state index in [0.29, 0.717) is 22.7 Å². The summed E-state index contributed by atoms with van der Waals surface area (Å²) in [6.07, 6.45) is 6.07. The molecule has 1 aromatic heterocycles. The van der Waals surface area contributed by atoms with E-state index in [9.17, 15) is 4.79 Å². The van der Waals surface area contributed by atoms with Crippen LogP contribution in [0.2, 0.25) is 0 Å². The molecular formula is C23H25N3O3S. The molecule has 0 fully saturated rings. The molecule has 1 aliphatic heterocycles. The van der Waals surface area contributed by atoms with Crippen LogP contribution in [-0.4, -0.2) is 35.4 Å². The summed E-state index contributed by atoms with van der Waals surface area (Å²) >= 11 is 1.68. The Morgan fingerprint density at radius 3 is 2.60 bits per heavy atom. The summed E-state index contributed by atoms with van der Waals surface area (Å²) in [4.78, 5) is 17.5. The van der Waals surface area contributed by atoms with Crippen molar-refractivity contribution in [3.8, 4) is 22.8 Å². The maximum atomic E-state index is 12.8. The average Bonchev–Trinajstić information content (AvgIpc) is 3.24. The van der Waals surface area contributed by atoms with Gasteiger partial charge in [-0.3, -0.25) is 4.79 Å². The van der Waals surface area contributed by atoms with Gasteiger partial charge >= 0.3 is 0 Å². The molecular weight excluding hydrogens is 398 g/mol. The summed E-state index contributed by atoms with van der Waals surface area (Å²) in [5.41, 5.74) is 2.87. The topological polar surface area (TPSA) is 65.4 Å². The molecule has 0 radical (unpaired) electrons. The number of nitrogens with one attached hydrogen (secondary N) is 1. The fourth-order valence-corrected chi connectivity index (χ4v) is 3.74. The summed E-state index contributed by atoms with van der Waals surface area (Å²) in [5, 5.41) is 3.93. The molecule has 0 saturated heterocycles. The van der Waals surface area contributed by atoms with Crippen LogP contribution in [-0.2, 0) is 0 Å². The van der Waals surface area contributed by atoms with Gasteiger partial charge in [-0.2, -0.15) is 0 Å². The molecule has 2 aromatic carbocycles. The van der Waals surface area contributed by atoms with Crippen LogP contribution < -0.4 is 14.8 Å². The number of hydrogen-bond acceptors (Lipinski definition) is 5. The van der Waals surface area contributed by atoms with Gasteiger partial charge in [0.25, 0.3) is 5.91 Å². The third kappa shape index (κ3) is 4.52. The van der Waals surface area contributed by atoms with Crippen molar-refractivity contribution < 1.29 is 14.3 Å². The Morgan fingerprint density at radius 1 is 1.10 bits per heavy atom. The van der Waals surface area contributed by atoms with E-state index >= 15 is 0 Å². The van der Waals surface area contributed by atoms with Gasteiger partial charge in [-0.25, -0.2) is 4.98 Å². The minimum absolute atomic E-state index is 0.230. The van der Waals surface area contributed by atoms with Crippen molar-refractivity contribution in [3.05, 3.63) is 60.3 Å². The fourth-order valence-electron chi connectivity index (χ4n) is 2.99. The zero-order valence-electron chi connectivity index (χ0n) is 17.5. The molecule has 0 bridgehead atoms. The van der Waals surface area contributed by atoms with E-state index in [1.807, 2.05) is 55.1 Å². The van der Waals surface area contributed by atoms with Gasteiger partial charge in [0, 0.05) is 29.3 Å². The van der Waals surface area contributed by atoms with Crippen molar-refractivity contribution >= 4 is 29.6 Å². The number of carbonyl (C=O) groups excluding carboxylic acids is 1. The van der Waals surface area contributed by atoms with Crippen molar-refractivity contribution in [2.45, 2.75) is 19.0 Å². The van der Waals surface area contributed by atoms with Crippen LogP contribution in [0.5, 0.6) is 11.5 Å². The van der Waals surface area contributed by atoms with Crippen LogP contribution in [0.15, 0.2) is 59.9 Å². The third-order valence-corrected chi connectivity index (χ3v) is 5.29. The van der Waals surface area contributed by atoms with Gasteiger partial charge in [0.2, 0.25) is 0 Å². The molecule has 6 nitrogen and oxygen atoms in total. The number of nitrogens with zero attached hydrogens (tertiary/aromatic N) is 2. The first-order valence-corrected chi connectivity index (χ1v) is 10.7. The average molecular weight is 424 g/mol. The van der Waals surface area contributed by atoms with Gasteiger partial charge in [0.1, 0.15) is 0 Å². The van der Waals surface area contributed by atoms with E-state index in [1.54, 1.807) is 44.2 Å². The molecule has 0 aliphatic carbocycles. The van der Waals surface area contributed by atoms with E-state index in [2.05, 4.69) is 11.4 Å². The molecule has 4 rings (SSSR count). The van der Waals surface area contributed by atoms with Gasteiger partial charge in [0.05, 0.1) is 25.6 Å². The molecule has 30 heavy (non-hydrogen) atoms. The van der Waals surface area contributed by atoms with E-state index in [0.717, 1.165) is 22.2 Å². The Labute approximate surface area is 180 Å². The van der Waals surface area contributed by atoms with E-state index in [1.165, 1.54) is 0 Å². The summed E-state index contributed by atoms with van der Waals surface area (Å²) in [7, 11) is 3.10. The molecule has 3 aromatic rings. The number of benzene rings is 2. The Kier molecular flexibility index (Phi) is 7.19. The Hall–Kier alpha value is -3.19. The summed E-state index contributed by atoms with van der Waals surface area (Å²) < 4.78 is 12.5. The molecule has 156 valence electrons. The number of para-hydroxylation sites is 1. The Morgan fingerprint density at radius 2 is 1.87 bits per heavy atom. The normalized spacial score (nSPS) is 11.7. The van der Waals surface area contributed by atoms with E-state index < -0.39 is 0 Å². The second-order valence-electron chi connectivity index (χ2n) is 6.08. The summed E-state index contributed by atoms with van der Waals surface area (Å²) in [6.45, 7) is 4.00. The van der Waals surface area contributed by atoms with Crippen molar-refractivity contribution in [1.82, 2.24) is 9.55 Å². The Bertz CT molecular complexity index is 1060. The predicted octanol–water partition coefficient (Wildman–Crippen LogP) is 5.42. The zero-order valence-corrected chi connectivity index (χ0v) is 18.3. The number of aromatic nitrogens is 2. The number of methoxy groups -OCH3 is 2. The standard InChI is InChI=1S/C21H19N3O3S.C2H6/c1-26-18-9-8-14(12-19(18)27-2)20(25)22-16-7-4-3-6-15(16)17-13-24-10-5-11-28-21(24)23-17;1-2/h3-10,12-13H,11H2,1-2H3,(H,22,25);1-2H3. The monoisotopic (exact) mass is 423 g/mol. The van der Waals surface area contributed by atoms with Gasteiger partial charge in [-0.1, -0.05) is 49.9 Å². The van der Waals surface area contributed by atoms with Gasteiger partial charge < -0.3 is 19.4 Å². The molecule has 0 saturated carbocycles. The maximum absolute atomic E-state index is 12.8. The molecule has 1 N–H and O–H groups in total. The smallest absolute Gasteiger partial charge is 0.255 e. The number of hydrogen-bond donors (Lipinski definition) is 1. The predicted molar refractivity (Wildman–Crippen MR) is 123 cm³/mol. The second-order valence-corrected chi connectivity index (χ2v) is 7.07. The molecule has 2 heterocycles. The SMILES string of the molecule is CC.COc1ccc(C(=O)Nc2ccccc2-c2cn3c(n2)SCC=C3)cc1OC. The van der Waals surface area contributed by atoms with Crippen LogP contribution in [0.4, 0.5) is 5.69 Å². The lowest BCUT2D eigenvalue weighted by atomic mass is 10.1. The first kappa shape index (κ1) is 21.5. The van der Waals surface area contributed by atoms with Gasteiger partial charge in [-0.05, 0) is 24.3 Å². The molecule has 0 unspecified atom stereocenters. The molecule has 1 aliphatic rings. The van der Waals surface area contributed by atoms with Gasteiger partial charge in [-0.15, -0.1) is 0 Å². The highest BCUT2D eigenvalue weighted by molar-refractivity contribution is 7.99. The minimum Gasteiger partial charge on any atom is -0.493 e. The van der Waals surface area contributed by atoms with Crippen molar-refractivity contribution in [1.29, 1.82) is 0 Å². The second kappa shape index (κ2) is 10.0. The highest BCUT2D eigenvalue weighted by Gasteiger charge is 2.16. The van der Waals surface area contributed by atoms with Crippen LogP contribution in [0.25, 0.3) is 17.5 Å². The first-order chi connectivity index (χ1) is 14.7. The van der Waals surface area contributed by atoms with Crippen LogP contribution >= 0.6 is 11.8 Å². The third-order valence-electron chi connectivity index (χ3n) is 4.37. The van der Waals surface area contributed by atoms with Gasteiger partial charge in [0.15, 0.2) is 16.7 Å². The molecule has 0 atom stereocenters. The summed E-state index contributed by atoms with van der Waals surface area (Å²) in [5.74, 6) is 1.77. The van der Waals surface area contributed by atoms with E-state index in [4.69, 9.17) is 14.5 Å². The van der Waals surface area contributed by atoms with Crippen molar-refractivity contribution in [2.24, 2.45) is 0 Å². The largest absolute Gasteiger partial charge is 0.493 e. The zero-order chi connectivity index (χ0) is 21.5. The highest BCUT2D eigenvalue weighted by Crippen LogP contribution is 2.32. The number of ether oxygens (including phenoxy) is 2. The number of anilines is 1. The number of imidazole rings is 1. The van der Waals surface area contributed by atoms with Crippen LogP contribution in [0, 0.1) is 0 Å². The number of rotatable bonds is 5. The Balaban J connectivity index is 0.00000124. The number of amides is 1. The quantitative estimate of drug-likeness (QED) is 0.593. The highest BCUT2D eigenvalue weighted by atomic mass is 32.2. The number of fused-ring (bicyclic) bond motifs is 1.